The zero-order chi connectivity index (χ0) is 57.8. The van der Waals surface area contributed by atoms with Gasteiger partial charge in [-0.1, -0.05) is 330 Å². The number of allylic oxidation sites excluding steroid dienone is 16. The van der Waals surface area contributed by atoms with Gasteiger partial charge in [0.1, 0.15) is 13.2 Å². The molecule has 0 fully saturated rings. The lowest BCUT2D eigenvalue weighted by molar-refractivity contribution is -0.167. The summed E-state index contributed by atoms with van der Waals surface area (Å²) in [5.74, 6) is -0.941. The Balaban J connectivity index is 4.05. The Morgan fingerprint density at radius 1 is 0.263 bits per heavy atom. The van der Waals surface area contributed by atoms with Crippen LogP contribution in [0.4, 0.5) is 0 Å². The van der Waals surface area contributed by atoms with Crippen molar-refractivity contribution in [3.63, 3.8) is 0 Å². The predicted octanol–water partition coefficient (Wildman–Crippen LogP) is 23.6. The molecule has 0 aliphatic rings. The smallest absolute Gasteiger partial charge is 0.306 e. The van der Waals surface area contributed by atoms with Gasteiger partial charge in [0.2, 0.25) is 0 Å². The van der Waals surface area contributed by atoms with Gasteiger partial charge in [0.25, 0.3) is 0 Å². The lowest BCUT2D eigenvalue weighted by Crippen LogP contribution is -2.30. The summed E-state index contributed by atoms with van der Waals surface area (Å²) in [6.45, 7) is 6.44. The Labute approximate surface area is 496 Å². The second kappa shape index (κ2) is 67.8. The molecule has 0 aromatic rings. The van der Waals surface area contributed by atoms with Crippen molar-refractivity contribution < 1.29 is 28.6 Å². The van der Waals surface area contributed by atoms with Gasteiger partial charge in [-0.15, -0.1) is 0 Å². The summed E-state index contributed by atoms with van der Waals surface area (Å²) >= 11 is 0. The maximum Gasteiger partial charge on any atom is 0.306 e. The molecule has 0 amide bonds. The van der Waals surface area contributed by atoms with E-state index in [2.05, 4.69) is 118 Å². The molecule has 0 bridgehead atoms. The van der Waals surface area contributed by atoms with Gasteiger partial charge >= 0.3 is 17.9 Å². The molecular weight excluding hydrogens is 985 g/mol. The first-order chi connectivity index (χ1) is 39.5. The highest BCUT2D eigenvalue weighted by Crippen LogP contribution is 2.18. The van der Waals surface area contributed by atoms with Crippen LogP contribution < -0.4 is 0 Å². The standard InChI is InChI=1S/C74H128O6/c1-4-7-10-13-15-17-19-21-23-25-27-29-31-33-35-36-37-39-40-42-44-46-48-50-52-54-56-58-61-64-67-73(76)79-70-71(69-78-72(75)66-63-60-12-9-6-3)80-74(77)68-65-62-59-57-55-53-51-49-47-45-43-41-38-34-32-30-28-26-24-22-20-18-16-14-11-8-5-2/h8,11,16,18,22,24,28,30,34,38,43,45,49,51,55,57,71H,4-7,9-10,12-15,17,19-21,23,25-27,29,31-33,35-37,39-42,44,46-48,50,52-54,56,58-70H2,1-3H3/b11-8-,18-16-,24-22-,30-28-,38-34-,45-43-,51-49-,57-55-. The third kappa shape index (κ3) is 65.1. The van der Waals surface area contributed by atoms with Crippen LogP contribution in [0.2, 0.25) is 0 Å². The van der Waals surface area contributed by atoms with Crippen LogP contribution in [0.1, 0.15) is 335 Å². The summed E-state index contributed by atoms with van der Waals surface area (Å²) in [6, 6.07) is 0. The third-order valence-electron chi connectivity index (χ3n) is 14.9. The van der Waals surface area contributed by atoms with Crippen molar-refractivity contribution in [1.29, 1.82) is 0 Å². The molecule has 6 heteroatoms. The van der Waals surface area contributed by atoms with E-state index >= 15 is 0 Å². The lowest BCUT2D eigenvalue weighted by Gasteiger charge is -2.18. The Morgan fingerprint density at radius 2 is 0.487 bits per heavy atom. The van der Waals surface area contributed by atoms with Gasteiger partial charge in [0.05, 0.1) is 0 Å². The molecule has 0 aromatic heterocycles. The van der Waals surface area contributed by atoms with Gasteiger partial charge < -0.3 is 14.2 Å². The predicted molar refractivity (Wildman–Crippen MR) is 348 cm³/mol. The number of carbonyl (C=O) groups excluding carboxylic acids is 3. The van der Waals surface area contributed by atoms with Crippen molar-refractivity contribution in [2.45, 2.75) is 341 Å². The van der Waals surface area contributed by atoms with Crippen LogP contribution in [0.15, 0.2) is 97.2 Å². The molecule has 0 aliphatic heterocycles. The number of unbranched alkanes of at least 4 members (excludes halogenated alkanes) is 35. The van der Waals surface area contributed by atoms with Crippen LogP contribution in [-0.2, 0) is 28.6 Å². The molecule has 0 rings (SSSR count). The molecule has 0 spiro atoms. The lowest BCUT2D eigenvalue weighted by atomic mass is 10.0. The van der Waals surface area contributed by atoms with Crippen LogP contribution in [0.25, 0.3) is 0 Å². The summed E-state index contributed by atoms with van der Waals surface area (Å²) in [5.41, 5.74) is 0. The molecule has 1 unspecified atom stereocenters. The van der Waals surface area contributed by atoms with E-state index in [0.717, 1.165) is 116 Å². The second-order valence-corrected chi connectivity index (χ2v) is 22.7. The number of hydrogen-bond donors (Lipinski definition) is 0. The van der Waals surface area contributed by atoms with Gasteiger partial charge in [-0.25, -0.2) is 0 Å². The van der Waals surface area contributed by atoms with E-state index in [-0.39, 0.29) is 37.5 Å². The zero-order valence-corrected chi connectivity index (χ0v) is 52.8. The van der Waals surface area contributed by atoms with Crippen molar-refractivity contribution in [1.82, 2.24) is 0 Å². The summed E-state index contributed by atoms with van der Waals surface area (Å²) in [5, 5.41) is 0. The first kappa shape index (κ1) is 76.3. The summed E-state index contributed by atoms with van der Waals surface area (Å²) in [6.07, 6.45) is 92.1. The first-order valence-corrected chi connectivity index (χ1v) is 34.2. The van der Waals surface area contributed by atoms with Crippen molar-refractivity contribution in [2.24, 2.45) is 0 Å². The normalized spacial score (nSPS) is 12.7. The van der Waals surface area contributed by atoms with Gasteiger partial charge in [0.15, 0.2) is 6.10 Å². The highest BCUT2D eigenvalue weighted by molar-refractivity contribution is 5.71. The number of rotatable bonds is 62. The molecule has 0 saturated carbocycles. The number of esters is 3. The molecule has 0 N–H and O–H groups in total. The number of ether oxygens (including phenoxy) is 3. The van der Waals surface area contributed by atoms with Crippen molar-refractivity contribution in [3.05, 3.63) is 97.2 Å². The third-order valence-corrected chi connectivity index (χ3v) is 14.9. The van der Waals surface area contributed by atoms with Crippen LogP contribution in [0.3, 0.4) is 0 Å². The highest BCUT2D eigenvalue weighted by atomic mass is 16.6. The largest absolute Gasteiger partial charge is 0.462 e. The van der Waals surface area contributed by atoms with E-state index in [1.54, 1.807) is 0 Å². The molecule has 1 atom stereocenters. The van der Waals surface area contributed by atoms with E-state index in [9.17, 15) is 14.4 Å². The fourth-order valence-corrected chi connectivity index (χ4v) is 9.76. The SMILES string of the molecule is CC/C=C\C/C=C\C/C=C\C/C=C\C/C=C\C/C=C\C/C=C\C/C=C\CCCCC(=O)OC(COC(=O)CCCCCCC)COC(=O)CCCCCCCCCCCCCCCCCCCCCCCCCCCCCCCC. The minimum absolute atomic E-state index is 0.0930. The average molecular weight is 1110 g/mol. The molecule has 6 nitrogen and oxygen atoms in total. The number of carbonyl (C=O) groups is 3. The summed E-state index contributed by atoms with van der Waals surface area (Å²) in [7, 11) is 0. The summed E-state index contributed by atoms with van der Waals surface area (Å²) in [4.78, 5) is 38.0. The quantitative estimate of drug-likeness (QED) is 0.0261. The molecule has 0 heterocycles. The Kier molecular flexibility index (Phi) is 64.7. The highest BCUT2D eigenvalue weighted by Gasteiger charge is 2.19. The molecule has 80 heavy (non-hydrogen) atoms. The van der Waals surface area contributed by atoms with Crippen LogP contribution >= 0.6 is 0 Å². The molecule has 0 aromatic carbocycles. The van der Waals surface area contributed by atoms with Crippen LogP contribution in [0.5, 0.6) is 0 Å². The van der Waals surface area contributed by atoms with E-state index in [1.165, 1.54) is 173 Å². The average Bonchev–Trinajstić information content (AvgIpc) is 3.46. The van der Waals surface area contributed by atoms with Gasteiger partial charge in [-0.3, -0.25) is 14.4 Å². The van der Waals surface area contributed by atoms with E-state index in [4.69, 9.17) is 14.2 Å². The van der Waals surface area contributed by atoms with Crippen LogP contribution in [-0.4, -0.2) is 37.2 Å². The van der Waals surface area contributed by atoms with E-state index < -0.39 is 6.10 Å². The maximum absolute atomic E-state index is 12.8. The first-order valence-electron chi connectivity index (χ1n) is 34.2. The van der Waals surface area contributed by atoms with Gasteiger partial charge in [-0.2, -0.15) is 0 Å². The van der Waals surface area contributed by atoms with E-state index in [1.807, 2.05) is 0 Å². The second-order valence-electron chi connectivity index (χ2n) is 22.7. The Hall–Kier alpha value is -3.67. The fourth-order valence-electron chi connectivity index (χ4n) is 9.76. The fraction of sp³-hybridized carbons (Fsp3) is 0.743. The molecule has 0 radical (unpaired) electrons. The minimum atomic E-state index is -0.798. The van der Waals surface area contributed by atoms with Crippen molar-refractivity contribution in [3.8, 4) is 0 Å². The van der Waals surface area contributed by atoms with Crippen LogP contribution in [0, 0.1) is 0 Å². The topological polar surface area (TPSA) is 78.9 Å². The monoisotopic (exact) mass is 1110 g/mol. The molecule has 0 saturated heterocycles. The minimum Gasteiger partial charge on any atom is -0.462 e. The van der Waals surface area contributed by atoms with Gasteiger partial charge in [0, 0.05) is 19.3 Å². The molecule has 0 aliphatic carbocycles. The van der Waals surface area contributed by atoms with Gasteiger partial charge in [-0.05, 0) is 83.5 Å². The summed E-state index contributed by atoms with van der Waals surface area (Å²) < 4.78 is 16.8. The zero-order valence-electron chi connectivity index (χ0n) is 52.8. The van der Waals surface area contributed by atoms with Crippen molar-refractivity contribution >= 4 is 17.9 Å². The van der Waals surface area contributed by atoms with E-state index in [0.29, 0.717) is 19.3 Å². The van der Waals surface area contributed by atoms with Crippen molar-refractivity contribution in [2.75, 3.05) is 13.2 Å². The maximum atomic E-state index is 12.8. The number of hydrogen-bond acceptors (Lipinski definition) is 6. The molecular formula is C74H128O6. The Morgan fingerprint density at radius 3 is 0.762 bits per heavy atom. The Bertz CT molecular complexity index is 1560. The molecule has 460 valence electrons.